The second-order valence-electron chi connectivity index (χ2n) is 6.16. The largest absolute Gasteiger partial charge is 0.384 e. The monoisotopic (exact) mass is 386 g/mol. The first-order valence-electron chi connectivity index (χ1n) is 8.49. The summed E-state index contributed by atoms with van der Waals surface area (Å²) in [4.78, 5) is 26.1. The molecule has 28 heavy (non-hydrogen) atoms. The van der Waals surface area contributed by atoms with E-state index in [1.54, 1.807) is 6.07 Å². The average Bonchev–Trinajstić information content (AvgIpc) is 2.68. The number of anilines is 2. The summed E-state index contributed by atoms with van der Waals surface area (Å²) in [5.41, 5.74) is 6.26. The Labute approximate surface area is 160 Å². The third kappa shape index (κ3) is 4.00. The van der Waals surface area contributed by atoms with Crippen molar-refractivity contribution in [3.63, 3.8) is 0 Å². The quantitative estimate of drug-likeness (QED) is 0.447. The predicted molar refractivity (Wildman–Crippen MR) is 101 cm³/mol. The first-order valence-corrected chi connectivity index (χ1v) is 8.49. The zero-order valence-corrected chi connectivity index (χ0v) is 14.8. The number of ether oxygens (including phenoxy) is 1. The minimum Gasteiger partial charge on any atom is -0.384 e. The fourth-order valence-electron chi connectivity index (χ4n) is 2.83. The molecule has 2 atom stereocenters. The molecule has 3 rings (SSSR count). The van der Waals surface area contributed by atoms with Crippen LogP contribution in [0.2, 0.25) is 0 Å². The van der Waals surface area contributed by atoms with Gasteiger partial charge in [0.1, 0.15) is 11.7 Å². The molecule has 5 N–H and O–H groups in total. The predicted octanol–water partition coefficient (Wildman–Crippen LogP) is 0.841. The van der Waals surface area contributed by atoms with Gasteiger partial charge < -0.3 is 25.8 Å². The topological polar surface area (TPSA) is 129 Å². The normalized spacial score (nSPS) is 17.9. The molecule has 1 aliphatic heterocycles. The number of carbonyl (C=O) groups is 2. The van der Waals surface area contributed by atoms with Crippen molar-refractivity contribution in [3.8, 4) is 0 Å². The molecular formula is C19H19FN4O4. The lowest BCUT2D eigenvalue weighted by molar-refractivity contribution is -0.150. The van der Waals surface area contributed by atoms with Crippen molar-refractivity contribution >= 4 is 29.0 Å². The van der Waals surface area contributed by atoms with Gasteiger partial charge in [-0.1, -0.05) is 12.1 Å². The van der Waals surface area contributed by atoms with E-state index in [1.807, 2.05) is 0 Å². The lowest BCUT2D eigenvalue weighted by Crippen LogP contribution is -2.55. The Morgan fingerprint density at radius 3 is 2.61 bits per heavy atom. The smallest absolute Gasteiger partial charge is 0.259 e. The van der Waals surface area contributed by atoms with Crippen LogP contribution in [0, 0.1) is 11.2 Å². The number of aliphatic hydroxyl groups is 1. The number of halogens is 1. The number of nitrogen functional groups attached to an aromatic ring is 1. The average molecular weight is 386 g/mol. The summed E-state index contributed by atoms with van der Waals surface area (Å²) in [7, 11) is 0. The summed E-state index contributed by atoms with van der Waals surface area (Å²) in [5.74, 6) is -2.25. The van der Waals surface area contributed by atoms with E-state index in [0.717, 1.165) is 4.90 Å². The highest BCUT2D eigenvalue weighted by Gasteiger charge is 2.39. The van der Waals surface area contributed by atoms with Crippen molar-refractivity contribution in [2.24, 2.45) is 5.73 Å². The molecule has 1 unspecified atom stereocenters. The minimum absolute atomic E-state index is 0.0440. The summed E-state index contributed by atoms with van der Waals surface area (Å²) >= 11 is 0. The Morgan fingerprint density at radius 1 is 1.29 bits per heavy atom. The van der Waals surface area contributed by atoms with Crippen molar-refractivity contribution in [3.05, 3.63) is 59.9 Å². The Morgan fingerprint density at radius 2 is 1.96 bits per heavy atom. The second kappa shape index (κ2) is 8.15. The number of rotatable bonds is 5. The standard InChI is InChI=1S/C19H19FN4O4/c20-13-3-1-2-4-14(13)24-9-10-28-16(19(24)27)15(25)18(26)23-12-7-5-11(6-8-12)17(21)22/h1-8,15-16,25H,9-10H2,(H3,21,22)(H,23,26)/t15?,16-/m1/s1. The molecule has 2 amide bonds. The number of nitrogens with zero attached hydrogens (tertiary/aromatic N) is 1. The van der Waals surface area contributed by atoms with Crippen LogP contribution in [-0.4, -0.2) is 48.1 Å². The van der Waals surface area contributed by atoms with Gasteiger partial charge in [0.15, 0.2) is 12.2 Å². The van der Waals surface area contributed by atoms with Gasteiger partial charge in [0.05, 0.1) is 12.3 Å². The van der Waals surface area contributed by atoms with Gasteiger partial charge in [-0.05, 0) is 36.4 Å². The fourth-order valence-corrected chi connectivity index (χ4v) is 2.83. The summed E-state index contributed by atoms with van der Waals surface area (Å²) in [6.45, 7) is 0.152. The molecule has 1 heterocycles. The van der Waals surface area contributed by atoms with Crippen LogP contribution < -0.4 is 16.0 Å². The first-order chi connectivity index (χ1) is 13.4. The third-order valence-corrected chi connectivity index (χ3v) is 4.28. The molecule has 0 aromatic heterocycles. The van der Waals surface area contributed by atoms with Crippen molar-refractivity contribution in [2.75, 3.05) is 23.4 Å². The maximum absolute atomic E-state index is 14.0. The van der Waals surface area contributed by atoms with Crippen LogP contribution >= 0.6 is 0 Å². The summed E-state index contributed by atoms with van der Waals surface area (Å²) in [5, 5.41) is 20.1. The van der Waals surface area contributed by atoms with E-state index < -0.39 is 29.8 Å². The maximum Gasteiger partial charge on any atom is 0.259 e. The van der Waals surface area contributed by atoms with E-state index in [9.17, 15) is 19.1 Å². The molecule has 1 aliphatic rings. The van der Waals surface area contributed by atoms with Gasteiger partial charge in [-0.3, -0.25) is 15.0 Å². The zero-order valence-electron chi connectivity index (χ0n) is 14.8. The minimum atomic E-state index is -1.78. The lowest BCUT2D eigenvalue weighted by atomic mass is 10.1. The number of hydrogen-bond donors (Lipinski definition) is 4. The number of para-hydroxylation sites is 1. The summed E-state index contributed by atoms with van der Waals surface area (Å²) in [6.07, 6.45) is -3.24. The van der Waals surface area contributed by atoms with Gasteiger partial charge in [-0.15, -0.1) is 0 Å². The first kappa shape index (κ1) is 19.5. The van der Waals surface area contributed by atoms with Gasteiger partial charge in [0, 0.05) is 17.8 Å². The van der Waals surface area contributed by atoms with E-state index in [1.165, 1.54) is 42.5 Å². The summed E-state index contributed by atoms with van der Waals surface area (Å²) < 4.78 is 19.3. The molecule has 1 saturated heterocycles. The maximum atomic E-state index is 14.0. The van der Waals surface area contributed by atoms with Crippen LogP contribution in [0.15, 0.2) is 48.5 Å². The van der Waals surface area contributed by atoms with Crippen LogP contribution in [0.1, 0.15) is 5.56 Å². The Hall–Kier alpha value is -3.30. The fraction of sp³-hybridized carbons (Fsp3) is 0.211. The van der Waals surface area contributed by atoms with Crippen molar-refractivity contribution in [1.82, 2.24) is 0 Å². The number of nitrogens with one attached hydrogen (secondary N) is 2. The molecule has 146 valence electrons. The highest BCUT2D eigenvalue weighted by Crippen LogP contribution is 2.23. The van der Waals surface area contributed by atoms with Crippen LogP contribution in [-0.2, 0) is 14.3 Å². The Balaban J connectivity index is 1.71. The van der Waals surface area contributed by atoms with Gasteiger partial charge in [0.25, 0.3) is 11.8 Å². The Kier molecular flexibility index (Phi) is 5.67. The number of hydrogen-bond acceptors (Lipinski definition) is 5. The Bertz CT molecular complexity index is 903. The number of morpholine rings is 1. The van der Waals surface area contributed by atoms with E-state index in [-0.39, 0.29) is 24.7 Å². The molecular weight excluding hydrogens is 367 g/mol. The molecule has 0 radical (unpaired) electrons. The molecule has 0 spiro atoms. The molecule has 0 saturated carbocycles. The number of benzene rings is 2. The molecule has 0 bridgehead atoms. The lowest BCUT2D eigenvalue weighted by Gasteiger charge is -2.34. The number of carbonyl (C=O) groups excluding carboxylic acids is 2. The number of amidine groups is 1. The van der Waals surface area contributed by atoms with Crippen molar-refractivity contribution in [2.45, 2.75) is 12.2 Å². The van der Waals surface area contributed by atoms with Crippen LogP contribution in [0.4, 0.5) is 15.8 Å². The second-order valence-corrected chi connectivity index (χ2v) is 6.16. The number of nitrogens with two attached hydrogens (primary N) is 1. The zero-order chi connectivity index (χ0) is 20.3. The van der Waals surface area contributed by atoms with E-state index >= 15 is 0 Å². The molecule has 2 aromatic rings. The molecule has 9 heteroatoms. The highest BCUT2D eigenvalue weighted by atomic mass is 19.1. The molecule has 1 fully saturated rings. The van der Waals surface area contributed by atoms with Gasteiger partial charge in [0.2, 0.25) is 0 Å². The van der Waals surface area contributed by atoms with Crippen LogP contribution in [0.5, 0.6) is 0 Å². The van der Waals surface area contributed by atoms with Gasteiger partial charge >= 0.3 is 0 Å². The van der Waals surface area contributed by atoms with Crippen molar-refractivity contribution in [1.29, 1.82) is 5.41 Å². The van der Waals surface area contributed by atoms with E-state index in [0.29, 0.717) is 11.3 Å². The highest BCUT2D eigenvalue weighted by molar-refractivity contribution is 6.04. The van der Waals surface area contributed by atoms with E-state index in [4.69, 9.17) is 15.9 Å². The van der Waals surface area contributed by atoms with Crippen LogP contribution in [0.25, 0.3) is 0 Å². The van der Waals surface area contributed by atoms with E-state index in [2.05, 4.69) is 5.32 Å². The number of aliphatic hydroxyl groups excluding tert-OH is 1. The molecule has 0 aliphatic carbocycles. The van der Waals surface area contributed by atoms with Crippen molar-refractivity contribution < 1.29 is 23.8 Å². The van der Waals surface area contributed by atoms with Gasteiger partial charge in [-0.2, -0.15) is 0 Å². The SMILES string of the molecule is N=C(N)c1ccc(NC(=O)C(O)[C@H]2OCCN(c3ccccc3F)C2=O)cc1. The molecule has 8 nitrogen and oxygen atoms in total. The van der Waals surface area contributed by atoms with Gasteiger partial charge in [-0.25, -0.2) is 4.39 Å². The molecule has 2 aromatic carbocycles. The van der Waals surface area contributed by atoms with Crippen LogP contribution in [0.3, 0.4) is 0 Å². The third-order valence-electron chi connectivity index (χ3n) is 4.28. The summed E-state index contributed by atoms with van der Waals surface area (Å²) in [6, 6.07) is 11.8. The number of amides is 2.